The highest BCUT2D eigenvalue weighted by Gasteiger charge is 2.31. The van der Waals surface area contributed by atoms with Crippen molar-refractivity contribution in [3.63, 3.8) is 0 Å². The number of nitrogens with one attached hydrogen (secondary N) is 3. The minimum absolute atomic E-state index is 0.218. The summed E-state index contributed by atoms with van der Waals surface area (Å²) < 4.78 is 22.0. The van der Waals surface area contributed by atoms with Crippen molar-refractivity contribution in [2.75, 3.05) is 81.8 Å². The van der Waals surface area contributed by atoms with Crippen molar-refractivity contribution >= 4 is 90.8 Å². The lowest BCUT2D eigenvalue weighted by Crippen LogP contribution is -2.53. The molecule has 0 aliphatic carbocycles. The van der Waals surface area contributed by atoms with Gasteiger partial charge in [-0.05, 0) is 96.8 Å². The minimum Gasteiger partial charge on any atom is -0.494 e. The molecule has 1 unspecified atom stereocenters. The maximum Gasteiger partial charge on any atom is 0.251 e. The van der Waals surface area contributed by atoms with Crippen LogP contribution in [-0.4, -0.2) is 119 Å². The summed E-state index contributed by atoms with van der Waals surface area (Å²) >= 11 is 3.61. The van der Waals surface area contributed by atoms with E-state index in [2.05, 4.69) is 98.9 Å². The van der Waals surface area contributed by atoms with Gasteiger partial charge in [0.25, 0.3) is 5.91 Å². The Morgan fingerprint density at radius 2 is 1.70 bits per heavy atom. The number of pyridine rings is 1. The predicted octanol–water partition coefficient (Wildman–Crippen LogP) is 7.25. The van der Waals surface area contributed by atoms with Gasteiger partial charge < -0.3 is 29.7 Å². The lowest BCUT2D eigenvalue weighted by atomic mass is 9.99. The number of aryl methyl sites for hydroxylation is 1. The highest BCUT2D eigenvalue weighted by Crippen LogP contribution is 2.42. The molecule has 9 rings (SSSR count). The molecule has 3 fully saturated rings. The lowest BCUT2D eigenvalue weighted by Gasteiger charge is -2.43. The summed E-state index contributed by atoms with van der Waals surface area (Å²) in [5.74, 6) is 1.13. The molecular weight excluding hydrogens is 893 g/mol. The number of imide groups is 1. The highest BCUT2D eigenvalue weighted by molar-refractivity contribution is 9.10. The molecule has 3 aromatic heterocycles. The van der Waals surface area contributed by atoms with E-state index in [1.165, 1.54) is 16.8 Å². The standard InChI is InChI=1S/C47H55BrN11O4P/c1-5-31-25-37(53-47-50-28-35(48)45(55-47)52-38-29-49-36-9-7-6-8-34(36)44(38)64(3,4)62)42(63-2)26-41(31)58-18-15-33(16-19-58)57-22-20-56(21-23-57)17-14-30-10-11-39-32(24-30)27-51-59(39)40-12-13-43(60)54-46(40)61/h6-11,24-29,33,40H,5,12-23H2,1-4H3,(H,54,60,61)(H2,50,52,53,55). The van der Waals surface area contributed by atoms with E-state index in [1.54, 1.807) is 37.5 Å². The molecule has 6 heterocycles. The van der Waals surface area contributed by atoms with E-state index in [4.69, 9.17) is 9.72 Å². The van der Waals surface area contributed by atoms with Crippen LogP contribution < -0.4 is 30.9 Å². The van der Waals surface area contributed by atoms with Crippen molar-refractivity contribution in [2.24, 2.45) is 0 Å². The third-order valence-electron chi connectivity index (χ3n) is 12.9. The maximum absolute atomic E-state index is 13.6. The van der Waals surface area contributed by atoms with Gasteiger partial charge in [0.15, 0.2) is 0 Å². The number of piperazine rings is 1. The Morgan fingerprint density at radius 3 is 2.45 bits per heavy atom. The summed E-state index contributed by atoms with van der Waals surface area (Å²) in [7, 11) is -1.01. The average molecular weight is 949 g/mol. The van der Waals surface area contributed by atoms with Gasteiger partial charge in [-0.1, -0.05) is 31.2 Å². The van der Waals surface area contributed by atoms with Crippen LogP contribution in [0.5, 0.6) is 5.75 Å². The zero-order valence-electron chi connectivity index (χ0n) is 36.8. The Balaban J connectivity index is 0.796. The number of para-hydroxylation sites is 1. The quantitative estimate of drug-likeness (QED) is 0.0785. The van der Waals surface area contributed by atoms with Crippen LogP contribution in [0, 0.1) is 0 Å². The summed E-state index contributed by atoms with van der Waals surface area (Å²) in [5.41, 5.74) is 6.82. The van der Waals surface area contributed by atoms with Crippen molar-refractivity contribution in [1.82, 2.24) is 39.8 Å². The molecule has 64 heavy (non-hydrogen) atoms. The molecule has 15 nitrogen and oxygen atoms in total. The van der Waals surface area contributed by atoms with E-state index >= 15 is 0 Å². The van der Waals surface area contributed by atoms with Crippen LogP contribution in [0.15, 0.2) is 77.7 Å². The van der Waals surface area contributed by atoms with E-state index in [1.807, 2.05) is 30.5 Å². The molecule has 0 radical (unpaired) electrons. The molecular formula is C47H55BrN11O4P. The van der Waals surface area contributed by atoms with Gasteiger partial charge in [0.1, 0.15) is 24.8 Å². The minimum atomic E-state index is -2.71. The Kier molecular flexibility index (Phi) is 12.7. The Hall–Kier alpha value is -5.41. The lowest BCUT2D eigenvalue weighted by molar-refractivity contribution is -0.135. The first kappa shape index (κ1) is 43.8. The molecule has 3 aromatic carbocycles. The van der Waals surface area contributed by atoms with E-state index in [0.29, 0.717) is 46.6 Å². The van der Waals surface area contributed by atoms with E-state index in [-0.39, 0.29) is 11.8 Å². The maximum atomic E-state index is 13.6. The zero-order chi connectivity index (χ0) is 44.5. The molecule has 334 valence electrons. The van der Waals surface area contributed by atoms with Crippen molar-refractivity contribution in [3.8, 4) is 5.75 Å². The van der Waals surface area contributed by atoms with Gasteiger partial charge in [-0.15, -0.1) is 0 Å². The first-order valence-corrected chi connectivity index (χ1v) is 25.6. The largest absolute Gasteiger partial charge is 0.494 e. The number of methoxy groups -OCH3 is 1. The molecule has 0 saturated carbocycles. The molecule has 0 bridgehead atoms. The predicted molar refractivity (Wildman–Crippen MR) is 258 cm³/mol. The number of halogens is 1. The monoisotopic (exact) mass is 947 g/mol. The second kappa shape index (κ2) is 18.6. The van der Waals surface area contributed by atoms with Crippen LogP contribution in [0.25, 0.3) is 21.8 Å². The number of aromatic nitrogens is 5. The van der Waals surface area contributed by atoms with Crippen molar-refractivity contribution in [2.45, 2.75) is 57.5 Å². The van der Waals surface area contributed by atoms with Gasteiger partial charge in [0, 0.05) is 92.3 Å². The summed E-state index contributed by atoms with van der Waals surface area (Å²) in [5, 5.41) is 16.4. The van der Waals surface area contributed by atoms with E-state index < -0.39 is 13.2 Å². The van der Waals surface area contributed by atoms with E-state index in [0.717, 1.165) is 104 Å². The molecule has 0 spiro atoms. The third kappa shape index (κ3) is 9.24. The highest BCUT2D eigenvalue weighted by atomic mass is 79.9. The fourth-order valence-corrected chi connectivity index (χ4v) is 11.3. The smallest absolute Gasteiger partial charge is 0.251 e. The summed E-state index contributed by atoms with van der Waals surface area (Å²) in [6.45, 7) is 13.0. The van der Waals surface area contributed by atoms with E-state index in [9.17, 15) is 14.2 Å². The zero-order valence-corrected chi connectivity index (χ0v) is 39.3. The molecule has 17 heteroatoms. The van der Waals surface area contributed by atoms with Crippen LogP contribution in [0.2, 0.25) is 0 Å². The first-order valence-electron chi connectivity index (χ1n) is 22.2. The fraction of sp³-hybridized carbons (Fsp3) is 0.404. The second-order valence-corrected chi connectivity index (χ2v) is 21.4. The molecule has 3 aliphatic heterocycles. The van der Waals surface area contributed by atoms with Gasteiger partial charge in [0.05, 0.1) is 46.4 Å². The number of carbonyl (C=O) groups is 2. The van der Waals surface area contributed by atoms with Crippen LogP contribution >= 0.6 is 23.1 Å². The van der Waals surface area contributed by atoms with Gasteiger partial charge in [0.2, 0.25) is 11.9 Å². The fourth-order valence-electron chi connectivity index (χ4n) is 9.55. The van der Waals surface area contributed by atoms with Gasteiger partial charge in [-0.2, -0.15) is 10.1 Å². The molecule has 2 amide bonds. The number of carbonyl (C=O) groups excluding carboxylic acids is 2. The third-order valence-corrected chi connectivity index (χ3v) is 15.1. The Bertz CT molecular complexity index is 2760. The number of piperidine rings is 2. The number of nitrogens with zero attached hydrogens (tertiary/aromatic N) is 8. The van der Waals surface area contributed by atoms with Crippen molar-refractivity contribution in [3.05, 3.63) is 88.8 Å². The Morgan fingerprint density at radius 1 is 0.906 bits per heavy atom. The summed E-state index contributed by atoms with van der Waals surface area (Å²) in [6, 6.07) is 18.5. The van der Waals surface area contributed by atoms with Crippen LogP contribution in [-0.2, 0) is 27.0 Å². The molecule has 3 aliphatic rings. The van der Waals surface area contributed by atoms with Crippen LogP contribution in [0.3, 0.4) is 0 Å². The van der Waals surface area contributed by atoms with Gasteiger partial charge in [-0.25, -0.2) is 4.98 Å². The normalized spacial score (nSPS) is 18.1. The topological polar surface area (TPSA) is 163 Å². The number of anilines is 5. The number of amides is 2. The molecule has 3 N–H and O–H groups in total. The Labute approximate surface area is 381 Å². The summed E-state index contributed by atoms with van der Waals surface area (Å²) in [4.78, 5) is 45.9. The second-order valence-electron chi connectivity index (χ2n) is 17.4. The summed E-state index contributed by atoms with van der Waals surface area (Å²) in [6.07, 6.45) is 10.1. The average Bonchev–Trinajstić information content (AvgIpc) is 3.72. The number of hydrogen-bond donors (Lipinski definition) is 3. The number of hydrogen-bond acceptors (Lipinski definition) is 13. The number of fused-ring (bicyclic) bond motifs is 2. The number of rotatable bonds is 13. The van der Waals surface area contributed by atoms with Gasteiger partial charge in [-0.3, -0.25) is 29.5 Å². The first-order chi connectivity index (χ1) is 30.9. The number of benzene rings is 3. The SMILES string of the molecule is CCc1cc(Nc2ncc(Br)c(Nc3cnc4ccccc4c3P(C)(C)=O)n2)c(OC)cc1N1CCC(N2CCN(CCc3ccc4c(cnn4C4CCC(=O)NC4=O)c3)CC2)CC1. The number of ether oxygens (including phenoxy) is 1. The molecule has 3 saturated heterocycles. The molecule has 6 aromatic rings. The van der Waals surface area contributed by atoms with Crippen LogP contribution in [0.4, 0.5) is 28.8 Å². The van der Waals surface area contributed by atoms with Crippen molar-refractivity contribution < 1.29 is 18.9 Å². The van der Waals surface area contributed by atoms with Gasteiger partial charge >= 0.3 is 0 Å². The van der Waals surface area contributed by atoms with Crippen molar-refractivity contribution in [1.29, 1.82) is 0 Å². The molecule has 1 atom stereocenters. The van der Waals surface area contributed by atoms with Crippen LogP contribution in [0.1, 0.15) is 49.8 Å².